The largest absolute Gasteiger partial charge is 0.444 e. The monoisotopic (exact) mass is 354 g/mol. The summed E-state index contributed by atoms with van der Waals surface area (Å²) < 4.78 is 9.99. The van der Waals surface area contributed by atoms with Crippen LogP contribution in [-0.4, -0.2) is 52.1 Å². The maximum Gasteiger partial charge on any atom is 0.410 e. The summed E-state index contributed by atoms with van der Waals surface area (Å²) in [6.45, 7) is 13.8. The second-order valence-corrected chi connectivity index (χ2v) is 9.21. The van der Waals surface area contributed by atoms with Crippen LogP contribution in [0.15, 0.2) is 0 Å². The number of likely N-dealkylation sites (N-methyl/N-ethyl adjacent to an activating group) is 1. The smallest absolute Gasteiger partial charge is 0.410 e. The fraction of sp³-hybridized carbons (Fsp3) is 0.824. The fourth-order valence-electron chi connectivity index (χ4n) is 2.58. The van der Waals surface area contributed by atoms with Crippen molar-refractivity contribution in [3.63, 3.8) is 0 Å². The average Bonchev–Trinajstić information content (AvgIpc) is 2.94. The van der Waals surface area contributed by atoms with E-state index < -0.39 is 5.60 Å². The molecule has 0 saturated carbocycles. The van der Waals surface area contributed by atoms with Crippen LogP contribution in [0.4, 0.5) is 9.93 Å². The van der Waals surface area contributed by atoms with Crippen LogP contribution in [0.1, 0.15) is 60.2 Å². The van der Waals surface area contributed by atoms with Gasteiger partial charge in [0.15, 0.2) is 0 Å². The number of nitrogens with zero attached hydrogens (tertiary/aromatic N) is 4. The molecule has 1 aromatic heterocycles. The molecular weight excluding hydrogens is 324 g/mol. The van der Waals surface area contributed by atoms with Gasteiger partial charge >= 0.3 is 6.09 Å². The van der Waals surface area contributed by atoms with Gasteiger partial charge in [0.2, 0.25) is 5.13 Å². The topological polar surface area (TPSA) is 58.6 Å². The van der Waals surface area contributed by atoms with Gasteiger partial charge in [-0.1, -0.05) is 20.8 Å². The highest BCUT2D eigenvalue weighted by molar-refractivity contribution is 7.09. The van der Waals surface area contributed by atoms with Crippen LogP contribution in [-0.2, 0) is 10.2 Å². The Morgan fingerprint density at radius 1 is 1.29 bits per heavy atom. The summed E-state index contributed by atoms with van der Waals surface area (Å²) >= 11 is 1.45. The maximum absolute atomic E-state index is 12.3. The normalized spacial score (nSPS) is 19.3. The summed E-state index contributed by atoms with van der Waals surface area (Å²) in [4.78, 5) is 21.0. The van der Waals surface area contributed by atoms with Crippen molar-refractivity contribution in [2.75, 3.05) is 25.0 Å². The van der Waals surface area contributed by atoms with Crippen molar-refractivity contribution >= 4 is 22.8 Å². The zero-order valence-corrected chi connectivity index (χ0v) is 16.7. The highest BCUT2D eigenvalue weighted by atomic mass is 32.1. The van der Waals surface area contributed by atoms with Crippen molar-refractivity contribution in [2.45, 2.75) is 71.4 Å². The van der Waals surface area contributed by atoms with Crippen molar-refractivity contribution < 1.29 is 9.53 Å². The molecular formula is C17H30N4O2S. The average molecular weight is 355 g/mol. The standard InChI is InChI=1S/C17H30N4O2S/c1-16(2,3)13-18-14(24-19-13)21-10-8-9-12(11-21)20(7)15(22)23-17(4,5)6/h12H,8-11H2,1-7H3. The molecule has 1 aliphatic heterocycles. The molecule has 1 fully saturated rings. The van der Waals surface area contributed by atoms with E-state index in [9.17, 15) is 4.79 Å². The molecule has 0 bridgehead atoms. The van der Waals surface area contributed by atoms with Gasteiger partial charge < -0.3 is 14.5 Å². The molecule has 0 spiro atoms. The van der Waals surface area contributed by atoms with E-state index in [1.165, 1.54) is 11.5 Å². The summed E-state index contributed by atoms with van der Waals surface area (Å²) in [7, 11) is 1.82. The summed E-state index contributed by atoms with van der Waals surface area (Å²) in [5.41, 5.74) is -0.516. The van der Waals surface area contributed by atoms with Crippen molar-refractivity contribution in [3.05, 3.63) is 5.82 Å². The van der Waals surface area contributed by atoms with Crippen LogP contribution in [0, 0.1) is 0 Å². The number of rotatable bonds is 2. The molecule has 6 nitrogen and oxygen atoms in total. The number of aromatic nitrogens is 2. The Kier molecular flexibility index (Phi) is 5.42. The van der Waals surface area contributed by atoms with Gasteiger partial charge in [0, 0.05) is 37.1 Å². The minimum Gasteiger partial charge on any atom is -0.444 e. The summed E-state index contributed by atoms with van der Waals surface area (Å²) in [5.74, 6) is 0.880. The Morgan fingerprint density at radius 2 is 1.96 bits per heavy atom. The number of amides is 1. The first kappa shape index (κ1) is 19.0. The molecule has 1 aliphatic rings. The third-order valence-electron chi connectivity index (χ3n) is 3.98. The quantitative estimate of drug-likeness (QED) is 0.811. The van der Waals surface area contributed by atoms with Crippen molar-refractivity contribution in [2.24, 2.45) is 0 Å². The second-order valence-electron chi connectivity index (χ2n) is 8.48. The summed E-state index contributed by atoms with van der Waals surface area (Å²) in [6, 6.07) is 0.135. The SMILES string of the molecule is CN(C(=O)OC(C)(C)C)C1CCCN(c2nc(C(C)(C)C)ns2)C1. The molecule has 136 valence electrons. The minimum atomic E-state index is -0.472. The van der Waals surface area contributed by atoms with E-state index in [0.29, 0.717) is 0 Å². The van der Waals surface area contributed by atoms with Crippen LogP contribution in [0.3, 0.4) is 0 Å². The van der Waals surface area contributed by atoms with Gasteiger partial charge in [-0.25, -0.2) is 9.78 Å². The molecule has 1 atom stereocenters. The Morgan fingerprint density at radius 3 is 2.50 bits per heavy atom. The first-order chi connectivity index (χ1) is 11.0. The highest BCUT2D eigenvalue weighted by Crippen LogP contribution is 2.28. The number of piperidine rings is 1. The summed E-state index contributed by atoms with van der Waals surface area (Å²) in [5, 5.41) is 0.946. The van der Waals surface area contributed by atoms with Crippen LogP contribution in [0.2, 0.25) is 0 Å². The Balaban J connectivity index is 2.03. The zero-order chi connectivity index (χ0) is 18.1. The molecule has 0 N–H and O–H groups in total. The van der Waals surface area contributed by atoms with Crippen molar-refractivity contribution in [1.29, 1.82) is 0 Å². The molecule has 1 saturated heterocycles. The predicted molar refractivity (Wildman–Crippen MR) is 97.8 cm³/mol. The highest BCUT2D eigenvalue weighted by Gasteiger charge is 2.31. The molecule has 1 unspecified atom stereocenters. The first-order valence-electron chi connectivity index (χ1n) is 8.52. The third kappa shape index (κ3) is 4.82. The van der Waals surface area contributed by atoms with E-state index in [1.54, 1.807) is 4.90 Å². The molecule has 24 heavy (non-hydrogen) atoms. The minimum absolute atomic E-state index is 0.0444. The van der Waals surface area contributed by atoms with E-state index in [-0.39, 0.29) is 17.6 Å². The van der Waals surface area contributed by atoms with Crippen molar-refractivity contribution in [3.8, 4) is 0 Å². The lowest BCUT2D eigenvalue weighted by atomic mass is 9.96. The molecule has 0 aliphatic carbocycles. The number of hydrogen-bond acceptors (Lipinski definition) is 6. The van der Waals surface area contributed by atoms with E-state index in [2.05, 4.69) is 30.0 Å². The second kappa shape index (κ2) is 6.86. The number of anilines is 1. The van der Waals surface area contributed by atoms with Gasteiger partial charge in [-0.2, -0.15) is 4.37 Å². The van der Waals surface area contributed by atoms with Crippen LogP contribution in [0.5, 0.6) is 0 Å². The van der Waals surface area contributed by atoms with Gasteiger partial charge in [0.1, 0.15) is 11.4 Å². The molecule has 0 radical (unpaired) electrons. The van der Waals surface area contributed by atoms with E-state index in [4.69, 9.17) is 9.72 Å². The summed E-state index contributed by atoms with van der Waals surface area (Å²) in [6.07, 6.45) is 1.75. The van der Waals surface area contributed by atoms with Crippen LogP contribution >= 0.6 is 11.5 Å². The van der Waals surface area contributed by atoms with Gasteiger partial charge in [0.25, 0.3) is 0 Å². The number of carbonyl (C=O) groups excluding carboxylic acids is 1. The van der Waals surface area contributed by atoms with E-state index in [0.717, 1.165) is 36.9 Å². The lowest BCUT2D eigenvalue weighted by Crippen LogP contribution is -2.49. The predicted octanol–water partition coefficient (Wildman–Crippen LogP) is 3.67. The Hall–Kier alpha value is -1.37. The molecule has 7 heteroatoms. The van der Waals surface area contributed by atoms with Gasteiger partial charge in [-0.05, 0) is 33.6 Å². The third-order valence-corrected chi connectivity index (χ3v) is 4.76. The van der Waals surface area contributed by atoms with E-state index in [1.807, 2.05) is 27.8 Å². The molecule has 1 amide bonds. The molecule has 1 aromatic rings. The van der Waals surface area contributed by atoms with Gasteiger partial charge in [-0.15, -0.1) is 0 Å². The van der Waals surface area contributed by atoms with Crippen molar-refractivity contribution in [1.82, 2.24) is 14.3 Å². The number of ether oxygens (including phenoxy) is 1. The lowest BCUT2D eigenvalue weighted by molar-refractivity contribution is 0.0210. The number of carbonyl (C=O) groups is 1. The van der Waals surface area contributed by atoms with Crippen LogP contribution < -0.4 is 4.90 Å². The Bertz CT molecular complexity index is 574. The van der Waals surface area contributed by atoms with Gasteiger partial charge in [-0.3, -0.25) is 0 Å². The Labute approximate surface area is 149 Å². The first-order valence-corrected chi connectivity index (χ1v) is 9.29. The number of hydrogen-bond donors (Lipinski definition) is 0. The van der Waals surface area contributed by atoms with E-state index >= 15 is 0 Å². The molecule has 0 aromatic carbocycles. The van der Waals surface area contributed by atoms with Crippen LogP contribution in [0.25, 0.3) is 0 Å². The lowest BCUT2D eigenvalue weighted by Gasteiger charge is -2.37. The maximum atomic E-state index is 12.3. The molecule has 2 rings (SSSR count). The zero-order valence-electron chi connectivity index (χ0n) is 15.9. The molecule has 2 heterocycles. The van der Waals surface area contributed by atoms with Gasteiger partial charge in [0.05, 0.1) is 6.04 Å². The fourth-order valence-corrected chi connectivity index (χ4v) is 3.47.